The summed E-state index contributed by atoms with van der Waals surface area (Å²) in [5, 5.41) is 13.4. The summed E-state index contributed by atoms with van der Waals surface area (Å²) in [4.78, 5) is 20.2. The molecule has 156 valence electrons. The van der Waals surface area contributed by atoms with Crippen molar-refractivity contribution in [3.05, 3.63) is 71.8 Å². The molecule has 2 N–H and O–H groups in total. The highest BCUT2D eigenvalue weighted by molar-refractivity contribution is 5.90. The number of hydrogen-bond donors (Lipinski definition) is 2. The molecule has 0 bridgehead atoms. The molecule has 2 aromatic carbocycles. The zero-order valence-corrected chi connectivity index (χ0v) is 17.1. The van der Waals surface area contributed by atoms with Gasteiger partial charge in [-0.25, -0.2) is 4.79 Å². The van der Waals surface area contributed by atoms with Gasteiger partial charge < -0.3 is 15.2 Å². The molecule has 0 aliphatic heterocycles. The molecule has 2 atom stereocenters. The van der Waals surface area contributed by atoms with E-state index in [1.54, 1.807) is 0 Å². The van der Waals surface area contributed by atoms with Gasteiger partial charge in [0.1, 0.15) is 18.5 Å². The number of aliphatic hydroxyl groups is 1. The molecule has 0 saturated carbocycles. The number of benzene rings is 2. The Balaban J connectivity index is 1.75. The Hall–Kier alpha value is -2.67. The van der Waals surface area contributed by atoms with E-state index in [-0.39, 0.29) is 12.6 Å². The van der Waals surface area contributed by atoms with Crippen molar-refractivity contribution >= 4 is 11.5 Å². The van der Waals surface area contributed by atoms with Crippen molar-refractivity contribution in [3.63, 3.8) is 0 Å². The van der Waals surface area contributed by atoms with E-state index in [0.717, 1.165) is 28.9 Å². The second kappa shape index (κ2) is 12.0. The van der Waals surface area contributed by atoms with Gasteiger partial charge in [0.2, 0.25) is 0 Å². The van der Waals surface area contributed by atoms with Gasteiger partial charge in [-0.3, -0.25) is 4.89 Å². The molecule has 0 radical (unpaired) electrons. The molecular formula is C23H29NO5. The Morgan fingerprint density at radius 3 is 2.48 bits per heavy atom. The van der Waals surface area contributed by atoms with Crippen LogP contribution in [0.25, 0.3) is 5.57 Å². The first-order chi connectivity index (χ1) is 14.0. The molecule has 0 spiro atoms. The molecule has 0 amide bonds. The zero-order chi connectivity index (χ0) is 21.1. The number of nitrogens with one attached hydrogen (secondary N) is 1. The summed E-state index contributed by atoms with van der Waals surface area (Å²) < 4.78 is 5.56. The largest absolute Gasteiger partial charge is 0.491 e. The molecule has 0 aliphatic rings. The fourth-order valence-corrected chi connectivity index (χ4v) is 2.80. The standard InChI is InChI=1S/C23H29NO5/c1-17(13-23(26)29-27-3)20-11-9-19(10-12-20)14-18(2)24-15-21(25)16-28-22-7-5-4-6-8-22/h4-13,18,21,24-25H,14-16H2,1-3H3/t18?,21-/m1/s1. The molecule has 29 heavy (non-hydrogen) atoms. The van der Waals surface area contributed by atoms with Gasteiger partial charge in [-0.2, -0.15) is 4.89 Å². The second-order valence-electron chi connectivity index (χ2n) is 6.88. The number of allylic oxidation sites excluding steroid dienone is 1. The summed E-state index contributed by atoms with van der Waals surface area (Å²) in [5.41, 5.74) is 2.90. The number of carbonyl (C=O) groups is 1. The molecule has 0 saturated heterocycles. The minimum absolute atomic E-state index is 0.195. The number of hydrogen-bond acceptors (Lipinski definition) is 6. The third-order valence-electron chi connectivity index (χ3n) is 4.34. The van der Waals surface area contributed by atoms with E-state index in [9.17, 15) is 9.90 Å². The number of para-hydroxylation sites is 1. The zero-order valence-electron chi connectivity index (χ0n) is 17.1. The van der Waals surface area contributed by atoms with Gasteiger partial charge in [0.25, 0.3) is 0 Å². The van der Waals surface area contributed by atoms with E-state index < -0.39 is 12.1 Å². The molecule has 6 heteroatoms. The topological polar surface area (TPSA) is 77.0 Å². The van der Waals surface area contributed by atoms with Crippen LogP contribution < -0.4 is 10.1 Å². The molecule has 0 aromatic heterocycles. The average molecular weight is 399 g/mol. The van der Waals surface area contributed by atoms with Crippen LogP contribution in [0.15, 0.2) is 60.7 Å². The summed E-state index contributed by atoms with van der Waals surface area (Å²) in [7, 11) is 1.29. The lowest BCUT2D eigenvalue weighted by Crippen LogP contribution is -2.37. The lowest BCUT2D eigenvalue weighted by molar-refractivity contribution is -0.249. The van der Waals surface area contributed by atoms with Gasteiger partial charge >= 0.3 is 5.97 Å². The molecule has 1 unspecified atom stereocenters. The minimum atomic E-state index is -0.584. The molecule has 0 aliphatic carbocycles. The monoisotopic (exact) mass is 399 g/mol. The highest BCUT2D eigenvalue weighted by atomic mass is 17.2. The Labute approximate surface area is 172 Å². The number of ether oxygens (including phenoxy) is 1. The maximum Gasteiger partial charge on any atom is 0.366 e. The van der Waals surface area contributed by atoms with Crippen molar-refractivity contribution in [2.45, 2.75) is 32.4 Å². The van der Waals surface area contributed by atoms with Crippen molar-refractivity contribution in [2.75, 3.05) is 20.3 Å². The van der Waals surface area contributed by atoms with Crippen LogP contribution in [-0.2, 0) is 21.0 Å². The fraction of sp³-hybridized carbons (Fsp3) is 0.348. The van der Waals surface area contributed by atoms with Crippen LogP contribution >= 0.6 is 0 Å². The predicted molar refractivity (Wildman–Crippen MR) is 112 cm³/mol. The van der Waals surface area contributed by atoms with Gasteiger partial charge in [-0.1, -0.05) is 42.5 Å². The van der Waals surface area contributed by atoms with Crippen molar-refractivity contribution in [3.8, 4) is 5.75 Å². The normalized spacial score (nSPS) is 13.6. The Morgan fingerprint density at radius 2 is 1.83 bits per heavy atom. The van der Waals surface area contributed by atoms with Crippen LogP contribution in [0, 0.1) is 0 Å². The predicted octanol–water partition coefficient (Wildman–Crippen LogP) is 3.16. The second-order valence-corrected chi connectivity index (χ2v) is 6.88. The van der Waals surface area contributed by atoms with Crippen LogP contribution in [-0.4, -0.2) is 43.5 Å². The van der Waals surface area contributed by atoms with E-state index in [0.29, 0.717) is 6.54 Å². The van der Waals surface area contributed by atoms with Crippen molar-refractivity contribution < 1.29 is 24.4 Å². The summed E-state index contributed by atoms with van der Waals surface area (Å²) in [6.45, 7) is 4.62. The Kier molecular flexibility index (Phi) is 9.37. The molecule has 0 heterocycles. The fourth-order valence-electron chi connectivity index (χ4n) is 2.80. The summed E-state index contributed by atoms with van der Waals surface area (Å²) in [6, 6.07) is 17.6. The third kappa shape index (κ3) is 8.48. The molecule has 2 aromatic rings. The van der Waals surface area contributed by atoms with E-state index in [4.69, 9.17) is 4.74 Å². The SMILES string of the molecule is COOC(=O)C=C(C)c1ccc(CC(C)NC[C@@H](O)COc2ccccc2)cc1. The molecule has 2 rings (SSSR count). The minimum Gasteiger partial charge on any atom is -0.491 e. The van der Waals surface area contributed by atoms with Gasteiger partial charge in [0.05, 0.1) is 7.11 Å². The van der Waals surface area contributed by atoms with Gasteiger partial charge in [-0.15, -0.1) is 0 Å². The van der Waals surface area contributed by atoms with Crippen LogP contribution in [0.2, 0.25) is 0 Å². The highest BCUT2D eigenvalue weighted by Crippen LogP contribution is 2.16. The number of rotatable bonds is 11. The van der Waals surface area contributed by atoms with Gasteiger partial charge in [0.15, 0.2) is 0 Å². The van der Waals surface area contributed by atoms with E-state index in [1.165, 1.54) is 13.2 Å². The smallest absolute Gasteiger partial charge is 0.366 e. The Bertz CT molecular complexity index is 774. The number of aliphatic hydroxyl groups excluding tert-OH is 1. The lowest BCUT2D eigenvalue weighted by Gasteiger charge is -2.18. The molecular weight excluding hydrogens is 370 g/mol. The maximum atomic E-state index is 11.4. The molecule has 0 fully saturated rings. The quantitative estimate of drug-likeness (QED) is 0.343. The summed E-state index contributed by atoms with van der Waals surface area (Å²) in [5.74, 6) is 0.209. The first kappa shape index (κ1) is 22.6. The summed E-state index contributed by atoms with van der Waals surface area (Å²) in [6.07, 6.45) is 1.63. The number of carbonyl (C=O) groups excluding carboxylic acids is 1. The highest BCUT2D eigenvalue weighted by Gasteiger charge is 2.09. The maximum absolute atomic E-state index is 11.4. The van der Waals surface area contributed by atoms with Gasteiger partial charge in [0, 0.05) is 18.7 Å². The van der Waals surface area contributed by atoms with Crippen LogP contribution in [0.3, 0.4) is 0 Å². The van der Waals surface area contributed by atoms with E-state index in [2.05, 4.69) is 22.0 Å². The van der Waals surface area contributed by atoms with Crippen LogP contribution in [0.4, 0.5) is 0 Å². The third-order valence-corrected chi connectivity index (χ3v) is 4.34. The lowest BCUT2D eigenvalue weighted by atomic mass is 10.0. The Morgan fingerprint density at radius 1 is 1.14 bits per heavy atom. The van der Waals surface area contributed by atoms with E-state index in [1.807, 2.05) is 61.5 Å². The van der Waals surface area contributed by atoms with Crippen molar-refractivity contribution in [2.24, 2.45) is 0 Å². The first-order valence-corrected chi connectivity index (χ1v) is 9.59. The summed E-state index contributed by atoms with van der Waals surface area (Å²) >= 11 is 0. The van der Waals surface area contributed by atoms with Crippen LogP contribution in [0.5, 0.6) is 5.75 Å². The van der Waals surface area contributed by atoms with Gasteiger partial charge in [-0.05, 0) is 49.1 Å². The molecule has 6 nitrogen and oxygen atoms in total. The van der Waals surface area contributed by atoms with Crippen molar-refractivity contribution in [1.82, 2.24) is 5.32 Å². The first-order valence-electron chi connectivity index (χ1n) is 9.59. The van der Waals surface area contributed by atoms with Crippen LogP contribution in [0.1, 0.15) is 25.0 Å². The average Bonchev–Trinajstić information content (AvgIpc) is 2.72. The van der Waals surface area contributed by atoms with Crippen molar-refractivity contribution in [1.29, 1.82) is 0 Å². The van der Waals surface area contributed by atoms with E-state index >= 15 is 0 Å².